The molecule has 6 nitrogen and oxygen atoms in total. The first kappa shape index (κ1) is 20.6. The van der Waals surface area contributed by atoms with Crippen molar-refractivity contribution < 1.29 is 28.2 Å². The summed E-state index contributed by atoms with van der Waals surface area (Å²) in [6.45, 7) is 0.159. The molecule has 0 fully saturated rings. The number of nitrogens with zero attached hydrogens (tertiary/aromatic N) is 2. The second kappa shape index (κ2) is 7.40. The smallest absolute Gasteiger partial charge is 0.341 e. The van der Waals surface area contributed by atoms with Crippen molar-refractivity contribution in [2.45, 2.75) is 13.1 Å². The lowest BCUT2D eigenvalue weighted by Gasteiger charge is -2.22. The van der Waals surface area contributed by atoms with E-state index < -0.39 is 45.5 Å². The summed E-state index contributed by atoms with van der Waals surface area (Å²) < 4.78 is 45.6. The number of aromatic carboxylic acids is 1. The first-order valence-electron chi connectivity index (χ1n) is 9.87. The maximum absolute atomic E-state index is 15.9. The van der Waals surface area contributed by atoms with Crippen LogP contribution in [0.1, 0.15) is 21.5 Å². The summed E-state index contributed by atoms with van der Waals surface area (Å²) in [6, 6.07) is 10.4. The molecule has 0 spiro atoms. The summed E-state index contributed by atoms with van der Waals surface area (Å²) in [4.78, 5) is 25.7. The van der Waals surface area contributed by atoms with Crippen LogP contribution in [0.3, 0.4) is 0 Å². The number of fused-ring (bicyclic) bond motifs is 2. The predicted molar refractivity (Wildman–Crippen MR) is 114 cm³/mol. The molecule has 0 saturated carbocycles. The zero-order chi connectivity index (χ0) is 23.4. The third kappa shape index (κ3) is 3.20. The average molecular weight is 452 g/mol. The normalized spacial score (nSPS) is 12.9. The second-order valence-electron chi connectivity index (χ2n) is 7.71. The van der Waals surface area contributed by atoms with Gasteiger partial charge in [0.1, 0.15) is 28.6 Å². The van der Waals surface area contributed by atoms with E-state index >= 15 is 8.78 Å². The number of aromatic hydroxyl groups is 1. The van der Waals surface area contributed by atoms with Crippen LogP contribution < -0.4 is 10.3 Å². The molecule has 3 aromatic carbocycles. The molecule has 4 aromatic rings. The van der Waals surface area contributed by atoms with Gasteiger partial charge in [-0.05, 0) is 42.0 Å². The highest BCUT2D eigenvalue weighted by Gasteiger charge is 2.29. The van der Waals surface area contributed by atoms with Gasteiger partial charge < -0.3 is 19.7 Å². The summed E-state index contributed by atoms with van der Waals surface area (Å²) in [5.41, 5.74) is -1.06. The van der Waals surface area contributed by atoms with Crippen molar-refractivity contribution >= 4 is 22.6 Å². The molecule has 33 heavy (non-hydrogen) atoms. The number of carboxylic acid groups (broad SMARTS) is 1. The molecular formula is C24H15F3N2O4. The van der Waals surface area contributed by atoms with Crippen LogP contribution in [0.5, 0.6) is 5.75 Å². The fraction of sp³-hybridized carbons (Fsp3) is 0.0833. The zero-order valence-electron chi connectivity index (χ0n) is 16.8. The number of carbonyl (C=O) groups is 1. The Morgan fingerprint density at radius 3 is 2.39 bits per heavy atom. The second-order valence-corrected chi connectivity index (χ2v) is 7.71. The largest absolute Gasteiger partial charge is 0.508 e. The molecule has 1 aliphatic heterocycles. The predicted octanol–water partition coefficient (Wildman–Crippen LogP) is 4.33. The highest BCUT2D eigenvalue weighted by atomic mass is 19.1. The molecule has 1 aromatic heterocycles. The van der Waals surface area contributed by atoms with E-state index in [-0.39, 0.29) is 30.0 Å². The Kier molecular flexibility index (Phi) is 4.63. The van der Waals surface area contributed by atoms with E-state index in [9.17, 15) is 24.2 Å². The summed E-state index contributed by atoms with van der Waals surface area (Å²) in [5, 5.41) is 19.1. The summed E-state index contributed by atoms with van der Waals surface area (Å²) in [6.07, 6.45) is 0.940. The number of rotatable bonds is 3. The van der Waals surface area contributed by atoms with Gasteiger partial charge in [-0.1, -0.05) is 12.1 Å². The Morgan fingerprint density at radius 1 is 1.00 bits per heavy atom. The molecule has 2 N–H and O–H groups in total. The Balaban J connectivity index is 1.79. The van der Waals surface area contributed by atoms with Crippen molar-refractivity contribution in [3.8, 4) is 11.4 Å². The maximum Gasteiger partial charge on any atom is 0.341 e. The minimum Gasteiger partial charge on any atom is -0.508 e. The lowest BCUT2D eigenvalue weighted by Crippen LogP contribution is -2.22. The van der Waals surface area contributed by atoms with Gasteiger partial charge in [0.05, 0.1) is 10.9 Å². The third-order valence-corrected chi connectivity index (χ3v) is 5.77. The van der Waals surface area contributed by atoms with Crippen LogP contribution in [0.25, 0.3) is 16.6 Å². The monoisotopic (exact) mass is 452 g/mol. The number of aromatic nitrogens is 1. The van der Waals surface area contributed by atoms with Gasteiger partial charge in [-0.15, -0.1) is 0 Å². The molecule has 0 amide bonds. The molecule has 5 rings (SSSR count). The van der Waals surface area contributed by atoms with E-state index in [1.54, 1.807) is 12.1 Å². The molecule has 0 unspecified atom stereocenters. The number of benzene rings is 3. The summed E-state index contributed by atoms with van der Waals surface area (Å²) in [5.74, 6) is -4.24. The number of phenols is 1. The summed E-state index contributed by atoms with van der Waals surface area (Å²) >= 11 is 0. The van der Waals surface area contributed by atoms with Crippen molar-refractivity contribution in [3.05, 3.63) is 99.1 Å². The van der Waals surface area contributed by atoms with Gasteiger partial charge >= 0.3 is 5.97 Å². The topological polar surface area (TPSA) is 82.8 Å². The zero-order valence-corrected chi connectivity index (χ0v) is 16.8. The number of phenolic OH excluding ortho intramolecular Hbond substituents is 1. The van der Waals surface area contributed by atoms with Gasteiger partial charge in [0.25, 0.3) is 0 Å². The van der Waals surface area contributed by atoms with Crippen molar-refractivity contribution in [3.63, 3.8) is 0 Å². The molecule has 0 radical (unpaired) electrons. The number of halogens is 3. The number of hydrogen-bond donors (Lipinski definition) is 2. The molecule has 1 aliphatic rings. The van der Waals surface area contributed by atoms with E-state index in [4.69, 9.17) is 0 Å². The maximum atomic E-state index is 15.9. The van der Waals surface area contributed by atoms with Crippen LogP contribution >= 0.6 is 0 Å². The number of hydrogen-bond acceptors (Lipinski definition) is 4. The molecule has 0 aliphatic carbocycles. The highest BCUT2D eigenvalue weighted by molar-refractivity contribution is 5.94. The van der Waals surface area contributed by atoms with Crippen LogP contribution in [0.15, 0.2) is 59.5 Å². The van der Waals surface area contributed by atoms with Gasteiger partial charge in [0.2, 0.25) is 5.43 Å². The Morgan fingerprint density at radius 2 is 1.73 bits per heavy atom. The lowest BCUT2D eigenvalue weighted by atomic mass is 10.1. The van der Waals surface area contributed by atoms with Crippen molar-refractivity contribution in [1.82, 2.24) is 4.57 Å². The molecule has 0 atom stereocenters. The molecule has 9 heteroatoms. The number of pyridine rings is 1. The van der Waals surface area contributed by atoms with E-state index in [0.29, 0.717) is 11.1 Å². The first-order valence-corrected chi connectivity index (χ1v) is 9.87. The number of carboxylic acids is 1. The van der Waals surface area contributed by atoms with Crippen molar-refractivity contribution in [1.29, 1.82) is 0 Å². The highest BCUT2D eigenvalue weighted by Crippen LogP contribution is 2.38. The molecule has 0 saturated heterocycles. The minimum absolute atomic E-state index is 0.00549. The van der Waals surface area contributed by atoms with E-state index in [1.807, 2.05) is 0 Å². The van der Waals surface area contributed by atoms with E-state index in [0.717, 1.165) is 29.0 Å². The van der Waals surface area contributed by atoms with Crippen LogP contribution in [-0.2, 0) is 13.1 Å². The van der Waals surface area contributed by atoms with Crippen molar-refractivity contribution in [2.24, 2.45) is 0 Å². The fourth-order valence-electron chi connectivity index (χ4n) is 4.21. The Hall–Kier alpha value is -4.27. The summed E-state index contributed by atoms with van der Waals surface area (Å²) in [7, 11) is 0. The van der Waals surface area contributed by atoms with Gasteiger partial charge in [-0.2, -0.15) is 0 Å². The van der Waals surface area contributed by atoms with E-state index in [1.165, 1.54) is 23.1 Å². The van der Waals surface area contributed by atoms with Gasteiger partial charge in [0.15, 0.2) is 5.82 Å². The standard InChI is InChI=1S/C24H15F3N2O4/c25-13-4-6-14(7-5-13)29-11-17(24(32)33)23(31)15-8-18(26)22(20(27)21(15)29)28-9-12-2-1-3-19(30)16(12)10-28/h1-8,11,30H,9-10H2,(H,32,33). The van der Waals surface area contributed by atoms with Crippen LogP contribution in [-0.4, -0.2) is 20.7 Å². The van der Waals surface area contributed by atoms with Gasteiger partial charge in [-0.25, -0.2) is 18.0 Å². The van der Waals surface area contributed by atoms with E-state index in [2.05, 4.69) is 0 Å². The Labute approximate surface area is 184 Å². The molecule has 0 bridgehead atoms. The molecule has 166 valence electrons. The van der Waals surface area contributed by atoms with Crippen LogP contribution in [0.4, 0.5) is 18.9 Å². The third-order valence-electron chi connectivity index (χ3n) is 5.77. The SMILES string of the molecule is O=C(O)c1cn(-c2ccc(F)cc2)c2c(F)c(N3Cc4cccc(O)c4C3)c(F)cc2c1=O. The fourth-order valence-corrected chi connectivity index (χ4v) is 4.21. The lowest BCUT2D eigenvalue weighted by molar-refractivity contribution is 0.0695. The van der Waals surface area contributed by atoms with Gasteiger partial charge in [-0.3, -0.25) is 4.79 Å². The quantitative estimate of drug-likeness (QED) is 0.484. The average Bonchev–Trinajstić information content (AvgIpc) is 3.20. The van der Waals surface area contributed by atoms with Crippen molar-refractivity contribution in [2.75, 3.05) is 4.90 Å². The minimum atomic E-state index is -1.56. The molecule has 2 heterocycles. The Bertz CT molecular complexity index is 1510. The number of anilines is 1. The van der Waals surface area contributed by atoms with Crippen LogP contribution in [0, 0.1) is 17.5 Å². The van der Waals surface area contributed by atoms with Crippen LogP contribution in [0.2, 0.25) is 0 Å². The molecular weight excluding hydrogens is 437 g/mol. The first-order chi connectivity index (χ1) is 15.8. The van der Waals surface area contributed by atoms with Gasteiger partial charge in [0, 0.05) is 30.5 Å².